The van der Waals surface area contributed by atoms with Crippen LogP contribution in [0.3, 0.4) is 0 Å². The fourth-order valence-electron chi connectivity index (χ4n) is 2.62. The largest absolute Gasteiger partial charge is 0.493 e. The zero-order valence-electron chi connectivity index (χ0n) is 12.6. The van der Waals surface area contributed by atoms with Crippen LogP contribution in [0.25, 0.3) is 0 Å². The molecule has 1 saturated heterocycles. The van der Waals surface area contributed by atoms with Crippen molar-refractivity contribution in [3.05, 3.63) is 12.1 Å². The number of rotatable bonds is 6. The van der Waals surface area contributed by atoms with Gasteiger partial charge in [0.05, 0.1) is 25.6 Å². The van der Waals surface area contributed by atoms with Gasteiger partial charge in [0, 0.05) is 24.7 Å². The number of nitrogens with zero attached hydrogens (tertiary/aromatic N) is 1. The van der Waals surface area contributed by atoms with Gasteiger partial charge < -0.3 is 20.5 Å². The lowest BCUT2D eigenvalue weighted by molar-refractivity contribution is 0.269. The van der Waals surface area contributed by atoms with Gasteiger partial charge in [-0.2, -0.15) is 0 Å². The van der Waals surface area contributed by atoms with E-state index in [0.717, 1.165) is 12.2 Å². The van der Waals surface area contributed by atoms with Crippen molar-refractivity contribution < 1.29 is 9.47 Å². The molecule has 0 radical (unpaired) electrons. The molecule has 1 aliphatic rings. The van der Waals surface area contributed by atoms with Gasteiger partial charge in [0.15, 0.2) is 11.5 Å². The molecule has 1 heterocycles. The van der Waals surface area contributed by atoms with Crippen LogP contribution < -0.4 is 20.5 Å². The Kier molecular flexibility index (Phi) is 4.95. The van der Waals surface area contributed by atoms with E-state index < -0.39 is 0 Å². The molecule has 20 heavy (non-hydrogen) atoms. The summed E-state index contributed by atoms with van der Waals surface area (Å²) in [5, 5.41) is 3.41. The molecule has 0 spiro atoms. The van der Waals surface area contributed by atoms with Crippen LogP contribution in [-0.4, -0.2) is 44.8 Å². The van der Waals surface area contributed by atoms with Crippen LogP contribution in [0.2, 0.25) is 0 Å². The van der Waals surface area contributed by atoms with Gasteiger partial charge in [0.1, 0.15) is 0 Å². The lowest BCUT2D eigenvalue weighted by Gasteiger charge is -2.25. The molecule has 0 aliphatic carbocycles. The first-order chi connectivity index (χ1) is 9.65. The SMILES string of the molecule is COc1cc(N)c(NCC(C)N2CCCC2)cc1OC. The number of ether oxygens (including phenoxy) is 2. The van der Waals surface area contributed by atoms with E-state index in [9.17, 15) is 0 Å². The number of hydrogen-bond donors (Lipinski definition) is 2. The average molecular weight is 279 g/mol. The van der Waals surface area contributed by atoms with Crippen LogP contribution in [-0.2, 0) is 0 Å². The first kappa shape index (κ1) is 14.8. The maximum absolute atomic E-state index is 6.05. The van der Waals surface area contributed by atoms with E-state index in [4.69, 9.17) is 15.2 Å². The van der Waals surface area contributed by atoms with E-state index in [2.05, 4.69) is 17.1 Å². The summed E-state index contributed by atoms with van der Waals surface area (Å²) in [6.07, 6.45) is 2.62. The first-order valence-corrected chi connectivity index (χ1v) is 7.15. The van der Waals surface area contributed by atoms with Gasteiger partial charge in [-0.15, -0.1) is 0 Å². The minimum absolute atomic E-state index is 0.505. The number of nitrogen functional groups attached to an aromatic ring is 1. The molecule has 0 saturated carbocycles. The van der Waals surface area contributed by atoms with Crippen LogP contribution in [0.15, 0.2) is 12.1 Å². The van der Waals surface area contributed by atoms with Crippen LogP contribution in [0, 0.1) is 0 Å². The quantitative estimate of drug-likeness (QED) is 0.782. The Morgan fingerprint density at radius 3 is 2.40 bits per heavy atom. The van der Waals surface area contributed by atoms with Crippen LogP contribution in [0.5, 0.6) is 11.5 Å². The Morgan fingerprint density at radius 1 is 1.20 bits per heavy atom. The van der Waals surface area contributed by atoms with E-state index in [1.54, 1.807) is 20.3 Å². The highest BCUT2D eigenvalue weighted by Crippen LogP contribution is 2.34. The van der Waals surface area contributed by atoms with Gasteiger partial charge in [0.2, 0.25) is 0 Å². The summed E-state index contributed by atoms with van der Waals surface area (Å²) in [6, 6.07) is 4.19. The molecule has 1 aromatic carbocycles. The highest BCUT2D eigenvalue weighted by Gasteiger charge is 2.18. The molecule has 1 aliphatic heterocycles. The Morgan fingerprint density at radius 2 is 1.80 bits per heavy atom. The number of benzene rings is 1. The molecule has 0 amide bonds. The summed E-state index contributed by atoms with van der Waals surface area (Å²) < 4.78 is 10.5. The van der Waals surface area contributed by atoms with E-state index in [1.165, 1.54) is 25.9 Å². The topological polar surface area (TPSA) is 59.8 Å². The average Bonchev–Trinajstić information content (AvgIpc) is 2.99. The second kappa shape index (κ2) is 6.70. The lowest BCUT2D eigenvalue weighted by Crippen LogP contribution is -2.35. The van der Waals surface area contributed by atoms with Crippen molar-refractivity contribution in [2.24, 2.45) is 0 Å². The van der Waals surface area contributed by atoms with Crippen molar-refractivity contribution >= 4 is 11.4 Å². The predicted octanol–water partition coefficient (Wildman–Crippen LogP) is 2.18. The third-order valence-electron chi connectivity index (χ3n) is 3.91. The van der Waals surface area contributed by atoms with Crippen molar-refractivity contribution in [1.82, 2.24) is 4.90 Å². The van der Waals surface area contributed by atoms with Crippen molar-refractivity contribution in [3.8, 4) is 11.5 Å². The maximum Gasteiger partial charge on any atom is 0.162 e. The van der Waals surface area contributed by atoms with Crippen molar-refractivity contribution in [2.75, 3.05) is 44.9 Å². The monoisotopic (exact) mass is 279 g/mol. The van der Waals surface area contributed by atoms with E-state index in [0.29, 0.717) is 23.2 Å². The summed E-state index contributed by atoms with van der Waals surface area (Å²) in [5.74, 6) is 1.35. The normalized spacial score (nSPS) is 16.9. The molecule has 1 fully saturated rings. The van der Waals surface area contributed by atoms with Crippen molar-refractivity contribution in [1.29, 1.82) is 0 Å². The van der Waals surface area contributed by atoms with Gasteiger partial charge in [-0.3, -0.25) is 4.90 Å². The third-order valence-corrected chi connectivity index (χ3v) is 3.91. The maximum atomic E-state index is 6.05. The van der Waals surface area contributed by atoms with Crippen LogP contribution in [0.1, 0.15) is 19.8 Å². The number of likely N-dealkylation sites (tertiary alicyclic amines) is 1. The van der Waals surface area contributed by atoms with Gasteiger partial charge in [-0.05, 0) is 32.9 Å². The second-order valence-corrected chi connectivity index (χ2v) is 5.27. The second-order valence-electron chi connectivity index (χ2n) is 5.27. The molecule has 5 nitrogen and oxygen atoms in total. The predicted molar refractivity (Wildman–Crippen MR) is 82.7 cm³/mol. The zero-order valence-corrected chi connectivity index (χ0v) is 12.6. The summed E-state index contributed by atoms with van der Waals surface area (Å²) >= 11 is 0. The number of hydrogen-bond acceptors (Lipinski definition) is 5. The van der Waals surface area contributed by atoms with Crippen LogP contribution >= 0.6 is 0 Å². The number of methoxy groups -OCH3 is 2. The van der Waals surface area contributed by atoms with Crippen LogP contribution in [0.4, 0.5) is 11.4 Å². The van der Waals surface area contributed by atoms with E-state index in [1.807, 2.05) is 6.07 Å². The van der Waals surface area contributed by atoms with E-state index in [-0.39, 0.29) is 0 Å². The lowest BCUT2D eigenvalue weighted by atomic mass is 10.2. The van der Waals surface area contributed by atoms with Crippen molar-refractivity contribution in [2.45, 2.75) is 25.8 Å². The van der Waals surface area contributed by atoms with E-state index >= 15 is 0 Å². The highest BCUT2D eigenvalue weighted by molar-refractivity contribution is 5.72. The zero-order chi connectivity index (χ0) is 14.5. The molecule has 3 N–H and O–H groups in total. The minimum atomic E-state index is 0.505. The summed E-state index contributed by atoms with van der Waals surface area (Å²) in [5.41, 5.74) is 7.62. The van der Waals surface area contributed by atoms with Gasteiger partial charge in [-0.1, -0.05) is 0 Å². The Hall–Kier alpha value is -1.62. The molecular weight excluding hydrogens is 254 g/mol. The number of nitrogens with two attached hydrogens (primary N) is 1. The smallest absolute Gasteiger partial charge is 0.162 e. The van der Waals surface area contributed by atoms with Gasteiger partial charge >= 0.3 is 0 Å². The number of anilines is 2. The Balaban J connectivity index is 2.01. The molecule has 1 aromatic rings. The van der Waals surface area contributed by atoms with Crippen molar-refractivity contribution in [3.63, 3.8) is 0 Å². The number of nitrogens with one attached hydrogen (secondary N) is 1. The first-order valence-electron chi connectivity index (χ1n) is 7.15. The molecule has 1 unspecified atom stereocenters. The molecule has 2 rings (SSSR count). The minimum Gasteiger partial charge on any atom is -0.493 e. The fraction of sp³-hybridized carbons (Fsp3) is 0.600. The Labute approximate surface area is 121 Å². The van der Waals surface area contributed by atoms with Gasteiger partial charge in [0.25, 0.3) is 0 Å². The summed E-state index contributed by atoms with van der Waals surface area (Å²) in [7, 11) is 3.24. The standard InChI is InChI=1S/C15H25N3O2/c1-11(18-6-4-5-7-18)10-17-13-9-15(20-3)14(19-2)8-12(13)16/h8-9,11,17H,4-7,10,16H2,1-3H3. The highest BCUT2D eigenvalue weighted by atomic mass is 16.5. The molecule has 5 heteroatoms. The fourth-order valence-corrected chi connectivity index (χ4v) is 2.62. The van der Waals surface area contributed by atoms with Gasteiger partial charge in [-0.25, -0.2) is 0 Å². The molecule has 0 aromatic heterocycles. The molecule has 112 valence electrons. The Bertz CT molecular complexity index is 445. The summed E-state index contributed by atoms with van der Waals surface area (Å²) in [4.78, 5) is 2.50. The third kappa shape index (κ3) is 3.28. The molecule has 0 bridgehead atoms. The molecule has 1 atom stereocenters. The summed E-state index contributed by atoms with van der Waals surface area (Å²) in [6.45, 7) is 5.52. The molecular formula is C15H25N3O2.